The van der Waals surface area contributed by atoms with Crippen LogP contribution in [0.25, 0.3) is 0 Å². The minimum absolute atomic E-state index is 0.0170. The Morgan fingerprint density at radius 1 is 1.03 bits per heavy atom. The van der Waals surface area contributed by atoms with E-state index in [4.69, 9.17) is 4.98 Å². The second-order valence-electron chi connectivity index (χ2n) is 10.4. The first-order valence-corrected chi connectivity index (χ1v) is 12.7. The Morgan fingerprint density at radius 3 is 2.58 bits per heavy atom. The summed E-state index contributed by atoms with van der Waals surface area (Å²) in [7, 11) is 0. The third kappa shape index (κ3) is 4.01. The Morgan fingerprint density at radius 2 is 1.79 bits per heavy atom. The van der Waals surface area contributed by atoms with Crippen LogP contribution < -0.4 is 5.56 Å². The van der Waals surface area contributed by atoms with E-state index in [1.54, 1.807) is 0 Å². The number of hydrogen-bond acceptors (Lipinski definition) is 5. The first kappa shape index (κ1) is 21.0. The molecule has 6 rings (SSSR count). The Bertz CT molecular complexity index is 1070. The molecule has 4 aliphatic rings. The first-order chi connectivity index (χ1) is 16.2. The molecule has 0 spiro atoms. The zero-order chi connectivity index (χ0) is 22.4. The van der Waals surface area contributed by atoms with Crippen LogP contribution in [0.3, 0.4) is 0 Å². The predicted octanol–water partition coefficient (Wildman–Crippen LogP) is 3.21. The van der Waals surface area contributed by atoms with Crippen LogP contribution in [0, 0.1) is 17.8 Å². The summed E-state index contributed by atoms with van der Waals surface area (Å²) in [5.74, 6) is 2.43. The van der Waals surface area contributed by atoms with E-state index in [1.807, 2.05) is 24.5 Å². The van der Waals surface area contributed by atoms with Crippen molar-refractivity contribution in [2.75, 3.05) is 13.1 Å². The maximum Gasteiger partial charge on any atom is 0.254 e. The van der Waals surface area contributed by atoms with Crippen molar-refractivity contribution in [2.24, 2.45) is 17.8 Å². The topological polar surface area (TPSA) is 82.2 Å². The minimum atomic E-state index is -0.0949. The van der Waals surface area contributed by atoms with Crippen molar-refractivity contribution in [1.29, 1.82) is 0 Å². The molecule has 2 aliphatic heterocycles. The number of rotatable bonds is 4. The maximum absolute atomic E-state index is 13.5. The van der Waals surface area contributed by atoms with E-state index < -0.39 is 0 Å². The number of piperidine rings is 1. The molecule has 2 aromatic rings. The van der Waals surface area contributed by atoms with E-state index >= 15 is 0 Å². The van der Waals surface area contributed by atoms with Gasteiger partial charge in [0.2, 0.25) is 5.91 Å². The molecule has 3 fully saturated rings. The van der Waals surface area contributed by atoms with Gasteiger partial charge in [-0.25, -0.2) is 4.98 Å². The smallest absolute Gasteiger partial charge is 0.254 e. The molecule has 7 heteroatoms. The highest BCUT2D eigenvalue weighted by Crippen LogP contribution is 2.56. The number of amides is 1. The number of nitrogens with one attached hydrogen (secondary N) is 1. The molecule has 4 heterocycles. The van der Waals surface area contributed by atoms with Crippen LogP contribution in [0.1, 0.15) is 73.6 Å². The number of carbonyl (C=O) groups is 1. The van der Waals surface area contributed by atoms with Crippen LogP contribution >= 0.6 is 0 Å². The van der Waals surface area contributed by atoms with Crippen molar-refractivity contribution in [3.8, 4) is 0 Å². The van der Waals surface area contributed by atoms with Gasteiger partial charge in [-0.05, 0) is 68.1 Å². The fourth-order valence-electron chi connectivity index (χ4n) is 6.58. The normalized spacial score (nSPS) is 29.3. The summed E-state index contributed by atoms with van der Waals surface area (Å²) >= 11 is 0. The molecule has 0 aromatic carbocycles. The summed E-state index contributed by atoms with van der Waals surface area (Å²) in [6, 6.07) is 3.97. The molecular formula is C26H33N5O2. The Balaban J connectivity index is 1.23. The number of aromatic amines is 1. The Labute approximate surface area is 194 Å². The molecule has 4 atom stereocenters. The van der Waals surface area contributed by atoms with Crippen molar-refractivity contribution in [1.82, 2.24) is 24.8 Å². The van der Waals surface area contributed by atoms with E-state index in [0.717, 1.165) is 50.2 Å². The summed E-state index contributed by atoms with van der Waals surface area (Å²) in [5.41, 5.74) is 2.89. The van der Waals surface area contributed by atoms with E-state index in [-0.39, 0.29) is 17.5 Å². The van der Waals surface area contributed by atoms with E-state index in [1.165, 1.54) is 31.2 Å². The largest absolute Gasteiger partial charge is 0.332 e. The van der Waals surface area contributed by atoms with Gasteiger partial charge in [0, 0.05) is 50.1 Å². The molecule has 2 saturated carbocycles. The third-order valence-corrected chi connectivity index (χ3v) is 8.37. The summed E-state index contributed by atoms with van der Waals surface area (Å²) in [6.45, 7) is 3.12. The standard InChI is InChI=1S/C26H33N5O2/c32-25-20-10-14-30(15-17-8-11-27-12-9-17)16-21(20)28-24(29-25)22-7-3-4-13-31(22)26(33)23-18-5-1-2-6-19(18)23/h8-9,11-12,18-19,22-23H,1-7,10,13-16H2,(H,28,29,32)/t18-,19+,22-,23?/m1/s1. The molecule has 33 heavy (non-hydrogen) atoms. The van der Waals surface area contributed by atoms with Crippen LogP contribution in [0.5, 0.6) is 0 Å². The highest BCUT2D eigenvalue weighted by atomic mass is 16.2. The highest BCUT2D eigenvalue weighted by molar-refractivity contribution is 5.83. The van der Waals surface area contributed by atoms with E-state index in [2.05, 4.69) is 19.8 Å². The van der Waals surface area contributed by atoms with Crippen LogP contribution in [-0.4, -0.2) is 43.7 Å². The van der Waals surface area contributed by atoms with Crippen molar-refractivity contribution in [3.05, 3.63) is 57.5 Å². The number of likely N-dealkylation sites (tertiary alicyclic amines) is 1. The van der Waals surface area contributed by atoms with Gasteiger partial charge in [0.1, 0.15) is 5.82 Å². The molecule has 1 amide bonds. The average molecular weight is 448 g/mol. The zero-order valence-corrected chi connectivity index (χ0v) is 19.2. The van der Waals surface area contributed by atoms with Crippen LogP contribution in [0.15, 0.2) is 29.3 Å². The van der Waals surface area contributed by atoms with Gasteiger partial charge in [-0.1, -0.05) is 12.8 Å². The van der Waals surface area contributed by atoms with Crippen molar-refractivity contribution in [3.63, 3.8) is 0 Å². The molecule has 2 aliphatic carbocycles. The average Bonchev–Trinajstić information content (AvgIpc) is 3.58. The zero-order valence-electron chi connectivity index (χ0n) is 19.2. The number of nitrogens with zero attached hydrogens (tertiary/aromatic N) is 4. The van der Waals surface area contributed by atoms with Gasteiger partial charge in [0.05, 0.1) is 11.7 Å². The lowest BCUT2D eigenvalue weighted by atomic mass is 9.99. The monoisotopic (exact) mass is 447 g/mol. The molecular weight excluding hydrogens is 414 g/mol. The van der Waals surface area contributed by atoms with Crippen molar-refractivity contribution in [2.45, 2.75) is 70.5 Å². The van der Waals surface area contributed by atoms with Crippen molar-refractivity contribution < 1.29 is 4.79 Å². The predicted molar refractivity (Wildman–Crippen MR) is 124 cm³/mol. The van der Waals surface area contributed by atoms with Gasteiger partial charge in [0.25, 0.3) is 5.56 Å². The van der Waals surface area contributed by atoms with E-state index in [9.17, 15) is 9.59 Å². The van der Waals surface area contributed by atoms with Crippen LogP contribution in [-0.2, 0) is 24.3 Å². The van der Waals surface area contributed by atoms with Gasteiger partial charge in [-0.15, -0.1) is 0 Å². The molecule has 7 nitrogen and oxygen atoms in total. The Kier molecular flexibility index (Phi) is 5.52. The van der Waals surface area contributed by atoms with Crippen molar-refractivity contribution >= 4 is 5.91 Å². The van der Waals surface area contributed by atoms with Gasteiger partial charge >= 0.3 is 0 Å². The lowest BCUT2D eigenvalue weighted by Crippen LogP contribution is -2.42. The molecule has 1 saturated heterocycles. The Hall–Kier alpha value is -2.54. The fourth-order valence-corrected chi connectivity index (χ4v) is 6.58. The molecule has 174 valence electrons. The molecule has 0 radical (unpaired) electrons. The summed E-state index contributed by atoms with van der Waals surface area (Å²) in [6.07, 6.45) is 12.3. The lowest BCUT2D eigenvalue weighted by Gasteiger charge is -2.36. The second-order valence-corrected chi connectivity index (χ2v) is 10.4. The quantitative estimate of drug-likeness (QED) is 0.778. The van der Waals surface area contributed by atoms with Gasteiger partial charge in [-0.2, -0.15) is 0 Å². The number of pyridine rings is 1. The second kappa shape index (κ2) is 8.67. The number of aromatic nitrogens is 3. The summed E-state index contributed by atoms with van der Waals surface area (Å²) in [5, 5.41) is 0. The van der Waals surface area contributed by atoms with Crippen LogP contribution in [0.4, 0.5) is 0 Å². The third-order valence-electron chi connectivity index (χ3n) is 8.37. The molecule has 0 bridgehead atoms. The first-order valence-electron chi connectivity index (χ1n) is 12.7. The molecule has 2 aromatic heterocycles. The number of fused-ring (bicyclic) bond motifs is 2. The maximum atomic E-state index is 13.5. The SMILES string of the molecule is O=C(C1[C@H]2CCCC[C@@H]12)N1CCCC[C@@H]1c1nc2c(c(=O)[nH]1)CCN(Cc1ccncc1)C2. The van der Waals surface area contributed by atoms with E-state index in [0.29, 0.717) is 36.5 Å². The number of carbonyl (C=O) groups excluding carboxylic acids is 1. The number of H-pyrrole nitrogens is 1. The fraction of sp³-hybridized carbons (Fsp3) is 0.615. The highest BCUT2D eigenvalue weighted by Gasteiger charge is 2.56. The summed E-state index contributed by atoms with van der Waals surface area (Å²) < 4.78 is 0. The van der Waals surface area contributed by atoms with Crippen LogP contribution in [0.2, 0.25) is 0 Å². The molecule has 1 N–H and O–H groups in total. The van der Waals surface area contributed by atoms with Gasteiger partial charge < -0.3 is 9.88 Å². The van der Waals surface area contributed by atoms with Gasteiger partial charge in [-0.3, -0.25) is 19.5 Å². The lowest BCUT2D eigenvalue weighted by molar-refractivity contribution is -0.137. The minimum Gasteiger partial charge on any atom is -0.332 e. The number of hydrogen-bond donors (Lipinski definition) is 1. The molecule has 1 unspecified atom stereocenters. The summed E-state index contributed by atoms with van der Waals surface area (Å²) in [4.78, 5) is 43.1. The van der Waals surface area contributed by atoms with Gasteiger partial charge in [0.15, 0.2) is 0 Å².